The van der Waals surface area contributed by atoms with Crippen molar-refractivity contribution in [1.29, 1.82) is 0 Å². The first-order valence-corrected chi connectivity index (χ1v) is 5.00. The second-order valence-electron chi connectivity index (χ2n) is 3.51. The molecule has 0 unspecified atom stereocenters. The molecular weight excluding hydrogens is 202 g/mol. The average Bonchev–Trinajstić information content (AvgIpc) is 2.27. The van der Waals surface area contributed by atoms with Gasteiger partial charge in [-0.05, 0) is 24.7 Å². The maximum absolute atomic E-state index is 11.3. The Morgan fingerprint density at radius 3 is 2.88 bits per heavy atom. The smallest absolute Gasteiger partial charge is 0.234 e. The number of likely N-dealkylation sites (N-methyl/N-ethyl adjacent to an activating group) is 1. The number of hydrogen-bond donors (Lipinski definition) is 1. The van der Waals surface area contributed by atoms with Gasteiger partial charge in [0.05, 0.1) is 13.1 Å². The molecule has 0 saturated heterocycles. The number of terminal acetylenes is 1. The third-order valence-corrected chi connectivity index (χ3v) is 2.00. The number of aromatic nitrogens is 1. The lowest BCUT2D eigenvalue weighted by Crippen LogP contribution is -2.34. The van der Waals surface area contributed by atoms with Gasteiger partial charge in [0.15, 0.2) is 0 Å². The number of amides is 1. The molecule has 84 valence electrons. The molecule has 0 spiro atoms. The second-order valence-corrected chi connectivity index (χ2v) is 3.51. The van der Waals surface area contributed by atoms with Crippen molar-refractivity contribution >= 4 is 5.91 Å². The predicted molar refractivity (Wildman–Crippen MR) is 62.4 cm³/mol. The van der Waals surface area contributed by atoms with Crippen LogP contribution in [0, 0.1) is 12.3 Å². The molecule has 0 aliphatic heterocycles. The van der Waals surface area contributed by atoms with Crippen LogP contribution in [0.1, 0.15) is 5.56 Å². The summed E-state index contributed by atoms with van der Waals surface area (Å²) in [5, 5.41) is 2.62. The first-order chi connectivity index (χ1) is 7.72. The Balaban J connectivity index is 2.34. The third kappa shape index (κ3) is 4.58. The summed E-state index contributed by atoms with van der Waals surface area (Å²) in [6, 6.07) is 3.85. The first-order valence-electron chi connectivity index (χ1n) is 5.00. The Kier molecular flexibility index (Phi) is 5.03. The van der Waals surface area contributed by atoms with Gasteiger partial charge in [0.2, 0.25) is 5.91 Å². The van der Waals surface area contributed by atoms with Gasteiger partial charge in [0, 0.05) is 18.9 Å². The highest BCUT2D eigenvalue weighted by Crippen LogP contribution is 2.00. The molecule has 1 amide bonds. The molecule has 0 aliphatic rings. The zero-order valence-corrected chi connectivity index (χ0v) is 9.31. The highest BCUT2D eigenvalue weighted by atomic mass is 16.1. The normalized spacial score (nSPS) is 9.81. The van der Waals surface area contributed by atoms with Gasteiger partial charge < -0.3 is 5.32 Å². The molecule has 4 nitrogen and oxygen atoms in total. The standard InChI is InChI=1S/C12H15N3O/c1-3-6-14-12(16)10-15(2)9-11-4-7-13-8-5-11/h1,4-5,7-8H,6,9-10H2,2H3,(H,14,16). The molecule has 0 bridgehead atoms. The average molecular weight is 217 g/mol. The Labute approximate surface area is 95.7 Å². The minimum Gasteiger partial charge on any atom is -0.344 e. The number of carbonyl (C=O) groups excluding carboxylic acids is 1. The molecule has 16 heavy (non-hydrogen) atoms. The number of pyridine rings is 1. The highest BCUT2D eigenvalue weighted by Gasteiger charge is 2.05. The van der Waals surface area contributed by atoms with Crippen LogP contribution in [0.4, 0.5) is 0 Å². The minimum absolute atomic E-state index is 0.0606. The lowest BCUT2D eigenvalue weighted by Gasteiger charge is -2.15. The maximum Gasteiger partial charge on any atom is 0.234 e. The van der Waals surface area contributed by atoms with E-state index in [4.69, 9.17) is 6.42 Å². The monoisotopic (exact) mass is 217 g/mol. The van der Waals surface area contributed by atoms with Crippen molar-refractivity contribution in [3.8, 4) is 12.3 Å². The zero-order chi connectivity index (χ0) is 11.8. The summed E-state index contributed by atoms with van der Waals surface area (Å²) < 4.78 is 0. The molecule has 1 heterocycles. The van der Waals surface area contributed by atoms with Gasteiger partial charge in [0.25, 0.3) is 0 Å². The molecule has 0 fully saturated rings. The van der Waals surface area contributed by atoms with Crippen LogP contribution in [0.3, 0.4) is 0 Å². The van der Waals surface area contributed by atoms with Crippen molar-refractivity contribution in [2.75, 3.05) is 20.1 Å². The van der Waals surface area contributed by atoms with E-state index in [0.29, 0.717) is 13.1 Å². The van der Waals surface area contributed by atoms with E-state index in [0.717, 1.165) is 5.56 Å². The van der Waals surface area contributed by atoms with Gasteiger partial charge in [-0.25, -0.2) is 0 Å². The van der Waals surface area contributed by atoms with E-state index in [1.807, 2.05) is 24.1 Å². The van der Waals surface area contributed by atoms with E-state index >= 15 is 0 Å². The Morgan fingerprint density at radius 2 is 2.25 bits per heavy atom. The van der Waals surface area contributed by atoms with Crippen LogP contribution in [0.25, 0.3) is 0 Å². The zero-order valence-electron chi connectivity index (χ0n) is 9.31. The highest BCUT2D eigenvalue weighted by molar-refractivity contribution is 5.78. The third-order valence-electron chi connectivity index (χ3n) is 2.00. The number of nitrogens with zero attached hydrogens (tertiary/aromatic N) is 2. The Hall–Kier alpha value is -1.86. The summed E-state index contributed by atoms with van der Waals surface area (Å²) in [6.45, 7) is 1.33. The fourth-order valence-electron chi connectivity index (χ4n) is 1.31. The van der Waals surface area contributed by atoms with E-state index < -0.39 is 0 Å². The summed E-state index contributed by atoms with van der Waals surface area (Å²) in [6.07, 6.45) is 8.52. The van der Waals surface area contributed by atoms with Crippen LogP contribution in [-0.2, 0) is 11.3 Å². The van der Waals surface area contributed by atoms with Gasteiger partial charge in [-0.15, -0.1) is 6.42 Å². The molecule has 0 radical (unpaired) electrons. The second kappa shape index (κ2) is 6.59. The van der Waals surface area contributed by atoms with Crippen LogP contribution >= 0.6 is 0 Å². The summed E-state index contributed by atoms with van der Waals surface area (Å²) >= 11 is 0. The van der Waals surface area contributed by atoms with Gasteiger partial charge >= 0.3 is 0 Å². The van der Waals surface area contributed by atoms with E-state index in [2.05, 4.69) is 16.2 Å². The van der Waals surface area contributed by atoms with Crippen molar-refractivity contribution in [3.05, 3.63) is 30.1 Å². The van der Waals surface area contributed by atoms with Crippen LogP contribution < -0.4 is 5.32 Å². The summed E-state index contributed by atoms with van der Waals surface area (Å²) in [4.78, 5) is 17.2. The SMILES string of the molecule is C#CCNC(=O)CN(C)Cc1ccncc1. The van der Waals surface area contributed by atoms with E-state index in [9.17, 15) is 4.79 Å². The lowest BCUT2D eigenvalue weighted by atomic mass is 10.2. The molecule has 4 heteroatoms. The van der Waals surface area contributed by atoms with Gasteiger partial charge in [-0.2, -0.15) is 0 Å². The maximum atomic E-state index is 11.3. The lowest BCUT2D eigenvalue weighted by molar-refractivity contribution is -0.121. The molecule has 0 saturated carbocycles. The largest absolute Gasteiger partial charge is 0.344 e. The number of carbonyl (C=O) groups is 1. The molecule has 1 aromatic rings. The topological polar surface area (TPSA) is 45.2 Å². The first kappa shape index (κ1) is 12.2. The molecule has 1 N–H and O–H groups in total. The molecule has 1 aromatic heterocycles. The van der Waals surface area contributed by atoms with Crippen molar-refractivity contribution in [2.45, 2.75) is 6.54 Å². The summed E-state index contributed by atoms with van der Waals surface area (Å²) in [7, 11) is 1.88. The quantitative estimate of drug-likeness (QED) is 0.720. The minimum atomic E-state index is -0.0606. The van der Waals surface area contributed by atoms with Gasteiger partial charge in [0.1, 0.15) is 0 Å². The molecule has 1 rings (SSSR count). The van der Waals surface area contributed by atoms with Crippen molar-refractivity contribution in [3.63, 3.8) is 0 Å². The van der Waals surface area contributed by atoms with Gasteiger partial charge in [-0.1, -0.05) is 5.92 Å². The van der Waals surface area contributed by atoms with E-state index in [-0.39, 0.29) is 12.5 Å². The summed E-state index contributed by atoms with van der Waals surface area (Å²) in [5.74, 6) is 2.30. The Morgan fingerprint density at radius 1 is 1.56 bits per heavy atom. The fraction of sp³-hybridized carbons (Fsp3) is 0.333. The van der Waals surface area contributed by atoms with Crippen LogP contribution in [0.5, 0.6) is 0 Å². The summed E-state index contributed by atoms with van der Waals surface area (Å²) in [5.41, 5.74) is 1.13. The number of hydrogen-bond acceptors (Lipinski definition) is 3. The van der Waals surface area contributed by atoms with Crippen LogP contribution in [-0.4, -0.2) is 35.9 Å². The predicted octanol–water partition coefficient (Wildman–Crippen LogP) is 0.263. The fourth-order valence-corrected chi connectivity index (χ4v) is 1.31. The Bertz CT molecular complexity index is 370. The van der Waals surface area contributed by atoms with E-state index in [1.165, 1.54) is 0 Å². The number of rotatable bonds is 5. The van der Waals surface area contributed by atoms with Crippen molar-refractivity contribution in [1.82, 2.24) is 15.2 Å². The molecular formula is C12H15N3O. The van der Waals surface area contributed by atoms with Crippen molar-refractivity contribution in [2.24, 2.45) is 0 Å². The van der Waals surface area contributed by atoms with Crippen LogP contribution in [0.2, 0.25) is 0 Å². The number of nitrogens with one attached hydrogen (secondary N) is 1. The van der Waals surface area contributed by atoms with E-state index in [1.54, 1.807) is 12.4 Å². The molecule has 0 aromatic carbocycles. The van der Waals surface area contributed by atoms with Crippen molar-refractivity contribution < 1.29 is 4.79 Å². The van der Waals surface area contributed by atoms with Gasteiger partial charge in [-0.3, -0.25) is 14.7 Å². The molecule has 0 atom stereocenters. The molecule has 0 aliphatic carbocycles. The van der Waals surface area contributed by atoms with Crippen LogP contribution in [0.15, 0.2) is 24.5 Å².